The second kappa shape index (κ2) is 52.3. The minimum Gasteiger partial charge on any atom is -0.387 e. The second-order valence-corrected chi connectivity index (χ2v) is 22.0. The summed E-state index contributed by atoms with van der Waals surface area (Å²) in [5.41, 5.74) is 0. The number of hydrogen-bond donors (Lipinski definition) is 3. The molecule has 0 rings (SSSR count). The Hall–Kier alpha value is -2.58. The molecule has 3 unspecified atom stereocenters. The summed E-state index contributed by atoms with van der Waals surface area (Å²) < 4.78 is 23.6. The van der Waals surface area contributed by atoms with E-state index in [4.69, 9.17) is 9.05 Å². The summed E-state index contributed by atoms with van der Waals surface area (Å²) in [7, 11) is 1.54. The van der Waals surface area contributed by atoms with Gasteiger partial charge in [0.2, 0.25) is 5.91 Å². The average molecular weight is 1010 g/mol. The Morgan fingerprint density at radius 1 is 0.479 bits per heavy atom. The normalized spacial score (nSPS) is 14.6. The molecule has 8 nitrogen and oxygen atoms in total. The molecule has 9 heteroatoms. The van der Waals surface area contributed by atoms with Crippen LogP contribution in [0.4, 0.5) is 0 Å². The first-order valence-corrected chi connectivity index (χ1v) is 30.6. The molecule has 0 heterocycles. The Morgan fingerprint density at radius 3 is 1.24 bits per heavy atom. The Morgan fingerprint density at radius 2 is 0.817 bits per heavy atom. The Balaban J connectivity index is 3.87. The molecule has 0 aliphatic heterocycles. The predicted octanol–water partition coefficient (Wildman–Crippen LogP) is 17.8. The van der Waals surface area contributed by atoms with Crippen molar-refractivity contribution < 1.29 is 32.9 Å². The maximum absolute atomic E-state index is 12.9. The van der Waals surface area contributed by atoms with Crippen molar-refractivity contribution in [2.45, 2.75) is 251 Å². The van der Waals surface area contributed by atoms with Crippen LogP contribution in [0.1, 0.15) is 239 Å². The Kier molecular flexibility index (Phi) is 50.4. The highest BCUT2D eigenvalue weighted by atomic mass is 31.2. The number of rotatable bonds is 52. The number of hydrogen-bond acceptors (Lipinski definition) is 5. The SMILES string of the molecule is CC/C=C\C/C=C\C/C=C\C/C=C\C/C=C\CCCCCCCCCCCCCCCCCCCCCCCCCC(=O)NC(COP(=O)(O)OCC[N+](C)(C)C)C(O)/C=C/CC/C=C/CC/C=C/CC. The van der Waals surface area contributed by atoms with E-state index in [2.05, 4.69) is 104 Å². The summed E-state index contributed by atoms with van der Waals surface area (Å²) >= 11 is 0. The number of amides is 1. The van der Waals surface area contributed by atoms with Crippen molar-refractivity contribution in [1.82, 2.24) is 5.32 Å². The molecule has 0 bridgehead atoms. The topological polar surface area (TPSA) is 105 Å². The zero-order valence-corrected chi connectivity index (χ0v) is 47.6. The van der Waals surface area contributed by atoms with Crippen LogP contribution in [0.3, 0.4) is 0 Å². The standard InChI is InChI=1S/C62H111N2O6P/c1-6-8-10-12-14-16-18-19-20-21-22-23-24-25-26-27-28-29-30-31-32-33-34-35-36-37-38-39-40-41-42-43-44-45-46-48-50-52-54-56-62(66)63-60(59-70-71(67,68)69-58-57-64(3,4)5)61(65)55-53-51-49-47-17-15-13-11-9-7-2/h8-11,14,16-17,19-20,22-23,25-26,47,53,55,60-61,65H,6-7,12-13,15,18,21,24,27-46,48-52,54,56-59H2,1-5H3,(H-,63,66,67,68)/p+1/b10-8-,11-9+,16-14-,20-19-,23-22-,26-25-,47-17+,55-53+. The van der Waals surface area contributed by atoms with Crippen LogP contribution < -0.4 is 5.32 Å². The van der Waals surface area contributed by atoms with Crippen molar-refractivity contribution >= 4 is 13.7 Å². The fourth-order valence-electron chi connectivity index (χ4n) is 8.05. The van der Waals surface area contributed by atoms with E-state index in [0.717, 1.165) is 83.5 Å². The van der Waals surface area contributed by atoms with Gasteiger partial charge in [0.1, 0.15) is 13.2 Å². The van der Waals surface area contributed by atoms with Crippen LogP contribution in [0, 0.1) is 0 Å². The second-order valence-electron chi connectivity index (χ2n) is 20.6. The maximum atomic E-state index is 12.9. The quantitative estimate of drug-likeness (QED) is 0.0243. The van der Waals surface area contributed by atoms with Gasteiger partial charge in [-0.2, -0.15) is 0 Å². The van der Waals surface area contributed by atoms with Crippen LogP contribution in [0.15, 0.2) is 97.2 Å². The molecule has 0 fully saturated rings. The van der Waals surface area contributed by atoms with Gasteiger partial charge in [0.25, 0.3) is 0 Å². The van der Waals surface area contributed by atoms with Crippen LogP contribution >= 0.6 is 7.82 Å². The molecule has 0 aromatic heterocycles. The van der Waals surface area contributed by atoms with E-state index in [1.807, 2.05) is 27.2 Å². The number of aliphatic hydroxyl groups excluding tert-OH is 1. The molecular weight excluding hydrogens is 900 g/mol. The van der Waals surface area contributed by atoms with Gasteiger partial charge >= 0.3 is 7.82 Å². The van der Waals surface area contributed by atoms with E-state index in [9.17, 15) is 19.4 Å². The van der Waals surface area contributed by atoms with Crippen molar-refractivity contribution in [3.05, 3.63) is 97.2 Å². The van der Waals surface area contributed by atoms with Crippen LogP contribution in [-0.4, -0.2) is 73.4 Å². The van der Waals surface area contributed by atoms with Crippen LogP contribution in [-0.2, 0) is 18.4 Å². The summed E-state index contributed by atoms with van der Waals surface area (Å²) in [6.07, 6.45) is 75.6. The highest BCUT2D eigenvalue weighted by Crippen LogP contribution is 2.43. The van der Waals surface area contributed by atoms with Gasteiger partial charge in [0, 0.05) is 6.42 Å². The van der Waals surface area contributed by atoms with Crippen molar-refractivity contribution in [2.24, 2.45) is 0 Å². The number of likely N-dealkylation sites (N-methyl/N-ethyl adjacent to an activating group) is 1. The third-order valence-electron chi connectivity index (χ3n) is 12.5. The Labute approximate surface area is 439 Å². The lowest BCUT2D eigenvalue weighted by Gasteiger charge is -2.25. The number of unbranched alkanes of at least 4 members (excludes halogenated alkanes) is 25. The lowest BCUT2D eigenvalue weighted by atomic mass is 10.0. The summed E-state index contributed by atoms with van der Waals surface area (Å²) in [6, 6.07) is -0.870. The lowest BCUT2D eigenvalue weighted by Crippen LogP contribution is -2.45. The van der Waals surface area contributed by atoms with Gasteiger partial charge in [0.15, 0.2) is 0 Å². The van der Waals surface area contributed by atoms with E-state index in [-0.39, 0.29) is 19.1 Å². The average Bonchev–Trinajstić information content (AvgIpc) is 3.33. The van der Waals surface area contributed by atoms with Gasteiger partial charge in [0.05, 0.1) is 39.9 Å². The molecule has 410 valence electrons. The van der Waals surface area contributed by atoms with E-state index >= 15 is 0 Å². The van der Waals surface area contributed by atoms with E-state index < -0.39 is 20.0 Å². The summed E-state index contributed by atoms with van der Waals surface area (Å²) in [5.74, 6) is -0.193. The highest BCUT2D eigenvalue weighted by Gasteiger charge is 2.27. The van der Waals surface area contributed by atoms with Gasteiger partial charge in [-0.1, -0.05) is 246 Å². The van der Waals surface area contributed by atoms with Crippen molar-refractivity contribution in [3.8, 4) is 0 Å². The van der Waals surface area contributed by atoms with Crippen LogP contribution in [0.25, 0.3) is 0 Å². The number of quaternary nitrogens is 1. The molecule has 0 saturated heterocycles. The number of phosphoric ester groups is 1. The zero-order chi connectivity index (χ0) is 52.0. The molecule has 0 spiro atoms. The summed E-state index contributed by atoms with van der Waals surface area (Å²) in [4.78, 5) is 23.2. The fourth-order valence-corrected chi connectivity index (χ4v) is 8.79. The third kappa shape index (κ3) is 55.0. The molecule has 0 aliphatic carbocycles. The third-order valence-corrected chi connectivity index (χ3v) is 13.5. The minimum absolute atomic E-state index is 0.0514. The molecule has 1 amide bonds. The molecule has 71 heavy (non-hydrogen) atoms. The Bertz CT molecular complexity index is 1470. The predicted molar refractivity (Wildman–Crippen MR) is 309 cm³/mol. The number of allylic oxidation sites excluding steroid dienone is 15. The van der Waals surface area contributed by atoms with E-state index in [0.29, 0.717) is 17.4 Å². The van der Waals surface area contributed by atoms with Crippen molar-refractivity contribution in [1.29, 1.82) is 0 Å². The van der Waals surface area contributed by atoms with Gasteiger partial charge in [-0.25, -0.2) is 4.57 Å². The molecule has 0 aliphatic rings. The van der Waals surface area contributed by atoms with Crippen molar-refractivity contribution in [2.75, 3.05) is 40.9 Å². The fraction of sp³-hybridized carbons (Fsp3) is 0.726. The number of aliphatic hydroxyl groups is 1. The molecular formula is C62H112N2O6P+. The number of nitrogens with one attached hydrogen (secondary N) is 1. The monoisotopic (exact) mass is 1010 g/mol. The van der Waals surface area contributed by atoms with E-state index in [1.165, 1.54) is 135 Å². The summed E-state index contributed by atoms with van der Waals surface area (Å²) in [5, 5.41) is 13.8. The smallest absolute Gasteiger partial charge is 0.387 e. The number of nitrogens with zero attached hydrogens (tertiary/aromatic N) is 1. The first-order valence-electron chi connectivity index (χ1n) is 29.1. The number of phosphoric acid groups is 1. The number of carbonyl (C=O) groups is 1. The lowest BCUT2D eigenvalue weighted by molar-refractivity contribution is -0.870. The maximum Gasteiger partial charge on any atom is 0.472 e. The molecule has 0 saturated carbocycles. The van der Waals surface area contributed by atoms with Gasteiger partial charge in [-0.15, -0.1) is 0 Å². The van der Waals surface area contributed by atoms with Gasteiger partial charge < -0.3 is 19.8 Å². The molecule has 3 N–H and O–H groups in total. The molecule has 0 aromatic carbocycles. The first kappa shape index (κ1) is 68.4. The van der Waals surface area contributed by atoms with Crippen LogP contribution in [0.5, 0.6) is 0 Å². The highest BCUT2D eigenvalue weighted by molar-refractivity contribution is 7.47. The molecule has 3 atom stereocenters. The van der Waals surface area contributed by atoms with Crippen molar-refractivity contribution in [3.63, 3.8) is 0 Å². The molecule has 0 radical (unpaired) electrons. The molecule has 0 aromatic rings. The van der Waals surface area contributed by atoms with Gasteiger partial charge in [-0.05, 0) is 83.5 Å². The summed E-state index contributed by atoms with van der Waals surface area (Å²) in [6.45, 7) is 4.54. The van der Waals surface area contributed by atoms with E-state index in [1.54, 1.807) is 6.08 Å². The minimum atomic E-state index is -4.35. The van der Waals surface area contributed by atoms with Crippen LogP contribution in [0.2, 0.25) is 0 Å². The zero-order valence-electron chi connectivity index (χ0n) is 46.7. The van der Waals surface area contributed by atoms with Gasteiger partial charge in [-0.3, -0.25) is 13.8 Å². The number of carbonyl (C=O) groups excluding carboxylic acids is 1. The largest absolute Gasteiger partial charge is 0.472 e. The first-order chi connectivity index (χ1) is 34.5.